The van der Waals surface area contributed by atoms with Gasteiger partial charge < -0.3 is 5.11 Å². The van der Waals surface area contributed by atoms with Crippen LogP contribution in [-0.2, 0) is 4.79 Å². The monoisotopic (exact) mass is 211 g/mol. The summed E-state index contributed by atoms with van der Waals surface area (Å²) in [5, 5.41) is 9.03. The van der Waals surface area contributed by atoms with Crippen molar-refractivity contribution in [2.45, 2.75) is 51.0 Å². The highest BCUT2D eigenvalue weighted by atomic mass is 16.4. The third-order valence-electron chi connectivity index (χ3n) is 3.89. The Hall–Kier alpha value is -0.570. The number of nitrogens with zero attached hydrogens (tertiary/aromatic N) is 1. The molecular weight excluding hydrogens is 190 g/mol. The van der Waals surface area contributed by atoms with Gasteiger partial charge in [-0.05, 0) is 32.2 Å². The number of aliphatic carboxylic acids is 1. The van der Waals surface area contributed by atoms with E-state index in [1.54, 1.807) is 0 Å². The summed E-state index contributed by atoms with van der Waals surface area (Å²) in [5.74, 6) is -0.712. The van der Waals surface area contributed by atoms with E-state index in [2.05, 4.69) is 4.90 Å². The van der Waals surface area contributed by atoms with Crippen LogP contribution in [0, 0.1) is 5.92 Å². The molecule has 0 unspecified atom stereocenters. The van der Waals surface area contributed by atoms with E-state index in [1.165, 1.54) is 32.1 Å². The van der Waals surface area contributed by atoms with Gasteiger partial charge >= 0.3 is 5.97 Å². The van der Waals surface area contributed by atoms with Gasteiger partial charge in [0.1, 0.15) is 0 Å². The Bertz CT molecular complexity index is 224. The Labute approximate surface area is 91.5 Å². The van der Waals surface area contributed by atoms with Crippen molar-refractivity contribution in [1.29, 1.82) is 0 Å². The normalized spacial score (nSPS) is 30.3. The number of piperidine rings is 1. The van der Waals surface area contributed by atoms with Gasteiger partial charge in [-0.2, -0.15) is 0 Å². The second kappa shape index (κ2) is 4.97. The van der Waals surface area contributed by atoms with Crippen molar-refractivity contribution < 1.29 is 9.90 Å². The smallest absolute Gasteiger partial charge is 0.307 e. The van der Waals surface area contributed by atoms with Crippen LogP contribution in [0.25, 0.3) is 0 Å². The van der Waals surface area contributed by atoms with Crippen LogP contribution in [0.2, 0.25) is 0 Å². The summed E-state index contributed by atoms with van der Waals surface area (Å²) in [6.45, 7) is 1.91. The lowest BCUT2D eigenvalue weighted by molar-refractivity contribution is -0.144. The number of likely N-dealkylation sites (tertiary alicyclic amines) is 1. The fourth-order valence-electron chi connectivity index (χ4n) is 2.99. The minimum absolute atomic E-state index is 0.110. The predicted octanol–water partition coefficient (Wildman–Crippen LogP) is 2.12. The molecule has 0 spiro atoms. The molecule has 1 heterocycles. The molecule has 1 saturated heterocycles. The first-order valence-electron chi connectivity index (χ1n) is 6.24. The molecule has 2 fully saturated rings. The summed E-state index contributed by atoms with van der Waals surface area (Å²) in [4.78, 5) is 13.4. The molecule has 1 atom stereocenters. The Balaban J connectivity index is 1.88. The maximum Gasteiger partial charge on any atom is 0.307 e. The van der Waals surface area contributed by atoms with Gasteiger partial charge in [0.25, 0.3) is 0 Å². The molecule has 1 aliphatic carbocycles. The van der Waals surface area contributed by atoms with Crippen LogP contribution < -0.4 is 0 Å². The predicted molar refractivity (Wildman–Crippen MR) is 58.8 cm³/mol. The van der Waals surface area contributed by atoms with Gasteiger partial charge in [-0.25, -0.2) is 0 Å². The Morgan fingerprint density at radius 3 is 2.47 bits per heavy atom. The summed E-state index contributed by atoms with van der Waals surface area (Å²) in [7, 11) is 0. The third-order valence-corrected chi connectivity index (χ3v) is 3.89. The minimum atomic E-state index is -0.601. The van der Waals surface area contributed by atoms with Crippen molar-refractivity contribution in [3.8, 4) is 0 Å². The van der Waals surface area contributed by atoms with Crippen LogP contribution in [0.4, 0.5) is 0 Å². The van der Waals surface area contributed by atoms with E-state index in [9.17, 15) is 4.79 Å². The second-order valence-electron chi connectivity index (χ2n) is 4.96. The molecule has 0 aromatic rings. The third kappa shape index (κ3) is 2.71. The number of hydrogen-bond acceptors (Lipinski definition) is 2. The molecule has 3 nitrogen and oxygen atoms in total. The molecule has 2 rings (SSSR count). The van der Waals surface area contributed by atoms with Crippen LogP contribution in [0.1, 0.15) is 44.9 Å². The van der Waals surface area contributed by atoms with E-state index in [-0.39, 0.29) is 5.92 Å². The zero-order valence-electron chi connectivity index (χ0n) is 9.32. The highest BCUT2D eigenvalue weighted by molar-refractivity contribution is 5.70. The molecule has 0 aromatic heterocycles. The van der Waals surface area contributed by atoms with E-state index in [1.807, 2.05) is 0 Å². The van der Waals surface area contributed by atoms with Crippen LogP contribution in [-0.4, -0.2) is 35.1 Å². The number of hydrogen-bond donors (Lipinski definition) is 1. The molecule has 0 radical (unpaired) electrons. The first-order valence-corrected chi connectivity index (χ1v) is 6.24. The first kappa shape index (κ1) is 10.9. The van der Waals surface area contributed by atoms with Gasteiger partial charge in [-0.15, -0.1) is 0 Å². The molecule has 2 aliphatic rings. The molecule has 86 valence electrons. The number of carboxylic acid groups (broad SMARTS) is 1. The fourth-order valence-corrected chi connectivity index (χ4v) is 2.99. The number of carboxylic acids is 1. The van der Waals surface area contributed by atoms with Crippen molar-refractivity contribution >= 4 is 5.97 Å². The number of carbonyl (C=O) groups is 1. The quantitative estimate of drug-likeness (QED) is 0.760. The lowest BCUT2D eigenvalue weighted by atomic mass is 9.90. The highest BCUT2D eigenvalue weighted by Crippen LogP contribution is 2.27. The van der Waals surface area contributed by atoms with E-state index >= 15 is 0 Å². The SMILES string of the molecule is O=C(O)[C@H]1CCCN(C2CCCCC2)C1. The van der Waals surface area contributed by atoms with Crippen LogP contribution >= 0.6 is 0 Å². The molecule has 1 saturated carbocycles. The maximum atomic E-state index is 11.0. The van der Waals surface area contributed by atoms with E-state index in [0.29, 0.717) is 6.04 Å². The van der Waals surface area contributed by atoms with Gasteiger partial charge in [-0.3, -0.25) is 9.69 Å². The largest absolute Gasteiger partial charge is 0.481 e. The zero-order valence-corrected chi connectivity index (χ0v) is 9.32. The molecule has 1 aliphatic heterocycles. The topological polar surface area (TPSA) is 40.5 Å². The number of rotatable bonds is 2. The summed E-state index contributed by atoms with van der Waals surface area (Å²) < 4.78 is 0. The van der Waals surface area contributed by atoms with Gasteiger partial charge in [0, 0.05) is 12.6 Å². The van der Waals surface area contributed by atoms with Crippen LogP contribution in [0.15, 0.2) is 0 Å². The molecule has 0 aromatic carbocycles. The van der Waals surface area contributed by atoms with Gasteiger partial charge in [0.05, 0.1) is 5.92 Å². The van der Waals surface area contributed by atoms with Crippen molar-refractivity contribution in [2.24, 2.45) is 5.92 Å². The average molecular weight is 211 g/mol. The summed E-state index contributed by atoms with van der Waals surface area (Å²) in [5.41, 5.74) is 0. The second-order valence-corrected chi connectivity index (χ2v) is 4.96. The van der Waals surface area contributed by atoms with Gasteiger partial charge in [0.15, 0.2) is 0 Å². The fraction of sp³-hybridized carbons (Fsp3) is 0.917. The molecule has 1 N–H and O–H groups in total. The van der Waals surface area contributed by atoms with Gasteiger partial charge in [-0.1, -0.05) is 19.3 Å². The van der Waals surface area contributed by atoms with Gasteiger partial charge in [0.2, 0.25) is 0 Å². The van der Waals surface area contributed by atoms with Crippen LogP contribution in [0.3, 0.4) is 0 Å². The zero-order chi connectivity index (χ0) is 10.7. The molecule has 15 heavy (non-hydrogen) atoms. The lowest BCUT2D eigenvalue weighted by Crippen LogP contribution is -2.45. The van der Waals surface area contributed by atoms with Crippen LogP contribution in [0.5, 0.6) is 0 Å². The molecular formula is C12H21NO2. The Kier molecular flexibility index (Phi) is 3.62. The molecule has 0 amide bonds. The van der Waals surface area contributed by atoms with E-state index in [0.717, 1.165) is 25.9 Å². The Morgan fingerprint density at radius 2 is 1.80 bits per heavy atom. The summed E-state index contributed by atoms with van der Waals surface area (Å²) in [6, 6.07) is 0.681. The minimum Gasteiger partial charge on any atom is -0.481 e. The standard InChI is InChI=1S/C12H21NO2/c14-12(15)10-5-4-8-13(9-10)11-6-2-1-3-7-11/h10-11H,1-9H2,(H,14,15)/t10-/m0/s1. The first-order chi connectivity index (χ1) is 7.27. The van der Waals surface area contributed by atoms with E-state index in [4.69, 9.17) is 5.11 Å². The average Bonchev–Trinajstić information content (AvgIpc) is 2.30. The lowest BCUT2D eigenvalue weighted by Gasteiger charge is -2.38. The highest BCUT2D eigenvalue weighted by Gasteiger charge is 2.29. The maximum absolute atomic E-state index is 11.0. The summed E-state index contributed by atoms with van der Waals surface area (Å²) >= 11 is 0. The van der Waals surface area contributed by atoms with Crippen molar-refractivity contribution in [1.82, 2.24) is 4.90 Å². The van der Waals surface area contributed by atoms with Crippen molar-refractivity contribution in [3.63, 3.8) is 0 Å². The van der Waals surface area contributed by atoms with E-state index < -0.39 is 5.97 Å². The van der Waals surface area contributed by atoms with Crippen molar-refractivity contribution in [3.05, 3.63) is 0 Å². The van der Waals surface area contributed by atoms with Crippen molar-refractivity contribution in [2.75, 3.05) is 13.1 Å². The molecule has 0 bridgehead atoms. The Morgan fingerprint density at radius 1 is 1.07 bits per heavy atom. The summed E-state index contributed by atoms with van der Waals surface area (Å²) in [6.07, 6.45) is 8.54. The molecule has 3 heteroatoms.